The molecule has 2 N–H and O–H groups in total. The van der Waals surface area contributed by atoms with Crippen LogP contribution in [0.3, 0.4) is 0 Å². The molecule has 1 aliphatic heterocycles. The molecule has 1 aliphatic rings. The number of nitrogens with two attached hydrogens (primary N) is 1. The summed E-state index contributed by atoms with van der Waals surface area (Å²) in [6.07, 6.45) is 1.91. The summed E-state index contributed by atoms with van der Waals surface area (Å²) in [5.74, 6) is 1.36. The van der Waals surface area contributed by atoms with Gasteiger partial charge < -0.3 is 15.2 Å². The largest absolute Gasteiger partial charge is 0.340 e. The molecule has 6 nitrogen and oxygen atoms in total. The maximum absolute atomic E-state index is 12.1. The fraction of sp³-hybridized carbons (Fsp3) is 0.750. The molecule has 0 radical (unpaired) electrons. The summed E-state index contributed by atoms with van der Waals surface area (Å²) in [6.45, 7) is 6.62. The third-order valence-electron chi connectivity index (χ3n) is 3.15. The van der Waals surface area contributed by atoms with Gasteiger partial charge in [0.2, 0.25) is 11.8 Å². The van der Waals surface area contributed by atoms with Gasteiger partial charge in [-0.05, 0) is 33.6 Å². The van der Waals surface area contributed by atoms with Gasteiger partial charge in [0.05, 0.1) is 11.5 Å². The van der Waals surface area contributed by atoms with E-state index in [2.05, 4.69) is 10.1 Å². The summed E-state index contributed by atoms with van der Waals surface area (Å²) < 4.78 is 5.19. The van der Waals surface area contributed by atoms with Crippen LogP contribution < -0.4 is 5.73 Å². The molecule has 1 atom stereocenters. The Morgan fingerprint density at radius 3 is 2.83 bits per heavy atom. The summed E-state index contributed by atoms with van der Waals surface area (Å²) in [5, 5.41) is 3.80. The van der Waals surface area contributed by atoms with Crippen molar-refractivity contribution in [3.05, 3.63) is 11.7 Å². The molecule has 1 unspecified atom stereocenters. The van der Waals surface area contributed by atoms with Crippen molar-refractivity contribution < 1.29 is 9.32 Å². The highest BCUT2D eigenvalue weighted by atomic mass is 16.5. The molecule has 1 aromatic rings. The molecule has 100 valence electrons. The van der Waals surface area contributed by atoms with Gasteiger partial charge in [-0.25, -0.2) is 0 Å². The quantitative estimate of drug-likeness (QED) is 0.842. The summed E-state index contributed by atoms with van der Waals surface area (Å²) in [6, 6.07) is 0. The highest BCUT2D eigenvalue weighted by molar-refractivity contribution is 5.85. The maximum Gasteiger partial charge on any atom is 0.242 e. The smallest absolute Gasteiger partial charge is 0.242 e. The Morgan fingerprint density at radius 1 is 1.56 bits per heavy atom. The van der Waals surface area contributed by atoms with Crippen LogP contribution in [0.4, 0.5) is 0 Å². The van der Waals surface area contributed by atoms with Crippen molar-refractivity contribution >= 4 is 5.91 Å². The lowest BCUT2D eigenvalue weighted by Crippen LogP contribution is -2.53. The lowest BCUT2D eigenvalue weighted by molar-refractivity contribution is -0.137. The number of amides is 1. The van der Waals surface area contributed by atoms with Crippen molar-refractivity contribution in [2.24, 2.45) is 5.73 Å². The van der Waals surface area contributed by atoms with E-state index in [9.17, 15) is 4.79 Å². The number of nitrogens with zero attached hydrogens (tertiary/aromatic N) is 3. The molecule has 0 aromatic carbocycles. The minimum atomic E-state index is -0.827. The first-order chi connectivity index (χ1) is 8.38. The number of likely N-dealkylation sites (tertiary alicyclic amines) is 1. The van der Waals surface area contributed by atoms with Crippen LogP contribution >= 0.6 is 0 Å². The third-order valence-corrected chi connectivity index (χ3v) is 3.15. The van der Waals surface area contributed by atoms with E-state index in [1.54, 1.807) is 25.7 Å². The maximum atomic E-state index is 12.1. The van der Waals surface area contributed by atoms with E-state index < -0.39 is 5.54 Å². The van der Waals surface area contributed by atoms with Crippen LogP contribution in [0.25, 0.3) is 0 Å². The van der Waals surface area contributed by atoms with Crippen LogP contribution in [-0.4, -0.2) is 39.6 Å². The van der Waals surface area contributed by atoms with Crippen LogP contribution in [0.15, 0.2) is 4.52 Å². The fourth-order valence-electron chi connectivity index (χ4n) is 2.25. The highest BCUT2D eigenvalue weighted by Gasteiger charge is 2.33. The Labute approximate surface area is 107 Å². The lowest BCUT2D eigenvalue weighted by Gasteiger charge is -2.35. The van der Waals surface area contributed by atoms with Gasteiger partial charge >= 0.3 is 0 Å². The van der Waals surface area contributed by atoms with Gasteiger partial charge in [-0.1, -0.05) is 5.16 Å². The van der Waals surface area contributed by atoms with Crippen LogP contribution in [0.5, 0.6) is 0 Å². The van der Waals surface area contributed by atoms with Crippen LogP contribution in [-0.2, 0) is 4.79 Å². The van der Waals surface area contributed by atoms with Crippen LogP contribution in [0.1, 0.15) is 44.3 Å². The standard InChI is InChI=1S/C12H20N4O2/c1-8-14-10(18-15-8)9-5-4-6-16(7-9)11(17)12(2,3)13/h9H,4-7,13H2,1-3H3. The molecule has 1 fully saturated rings. The van der Waals surface area contributed by atoms with Crippen molar-refractivity contribution in [2.75, 3.05) is 13.1 Å². The number of rotatable bonds is 2. The van der Waals surface area contributed by atoms with Gasteiger partial charge in [-0.3, -0.25) is 4.79 Å². The van der Waals surface area contributed by atoms with Gasteiger partial charge in [-0.2, -0.15) is 4.98 Å². The zero-order valence-corrected chi connectivity index (χ0v) is 11.1. The first kappa shape index (κ1) is 13.0. The predicted octanol–water partition coefficient (Wildman–Crippen LogP) is 0.821. The van der Waals surface area contributed by atoms with E-state index in [1.165, 1.54) is 0 Å². The Bertz CT molecular complexity index is 436. The van der Waals surface area contributed by atoms with Crippen molar-refractivity contribution in [2.45, 2.75) is 45.1 Å². The molecule has 1 amide bonds. The number of aryl methyl sites for hydroxylation is 1. The number of carbonyl (C=O) groups is 1. The molecule has 2 heterocycles. The summed E-state index contributed by atoms with van der Waals surface area (Å²) in [5.41, 5.74) is 5.03. The van der Waals surface area contributed by atoms with Crippen LogP contribution in [0.2, 0.25) is 0 Å². The monoisotopic (exact) mass is 252 g/mol. The topological polar surface area (TPSA) is 85.2 Å². The van der Waals surface area contributed by atoms with Gasteiger partial charge in [0.1, 0.15) is 0 Å². The summed E-state index contributed by atoms with van der Waals surface area (Å²) in [4.78, 5) is 18.2. The molecule has 0 spiro atoms. The van der Waals surface area contributed by atoms with E-state index in [4.69, 9.17) is 10.3 Å². The molecule has 1 saturated heterocycles. The summed E-state index contributed by atoms with van der Waals surface area (Å²) in [7, 11) is 0. The normalized spacial score (nSPS) is 21.1. The molecule has 1 aromatic heterocycles. The average Bonchev–Trinajstić information content (AvgIpc) is 2.74. The second kappa shape index (κ2) is 4.68. The zero-order valence-electron chi connectivity index (χ0n) is 11.1. The van der Waals surface area contributed by atoms with Crippen molar-refractivity contribution in [3.8, 4) is 0 Å². The molecule has 0 aliphatic carbocycles. The minimum absolute atomic E-state index is 0.0246. The highest BCUT2D eigenvalue weighted by Crippen LogP contribution is 2.26. The number of carbonyl (C=O) groups excluding carboxylic acids is 1. The molecule has 0 bridgehead atoms. The number of hydrogen-bond acceptors (Lipinski definition) is 5. The number of hydrogen-bond donors (Lipinski definition) is 1. The minimum Gasteiger partial charge on any atom is -0.340 e. The van der Waals surface area contributed by atoms with Gasteiger partial charge in [0.15, 0.2) is 5.82 Å². The summed E-state index contributed by atoms with van der Waals surface area (Å²) >= 11 is 0. The van der Waals surface area contributed by atoms with Crippen molar-refractivity contribution in [1.29, 1.82) is 0 Å². The third kappa shape index (κ3) is 2.69. The molecular weight excluding hydrogens is 232 g/mol. The molecule has 6 heteroatoms. The first-order valence-corrected chi connectivity index (χ1v) is 6.26. The van der Waals surface area contributed by atoms with Crippen molar-refractivity contribution in [3.63, 3.8) is 0 Å². The Morgan fingerprint density at radius 2 is 2.28 bits per heavy atom. The predicted molar refractivity (Wildman–Crippen MR) is 65.9 cm³/mol. The Kier molecular flexibility index (Phi) is 3.38. The van der Waals surface area contributed by atoms with E-state index in [0.717, 1.165) is 19.4 Å². The number of piperidine rings is 1. The molecule has 18 heavy (non-hydrogen) atoms. The SMILES string of the molecule is Cc1noc(C2CCCN(C(=O)C(C)(C)N)C2)n1. The molecular formula is C12H20N4O2. The second-order valence-corrected chi connectivity index (χ2v) is 5.49. The average molecular weight is 252 g/mol. The Hall–Kier alpha value is -1.43. The second-order valence-electron chi connectivity index (χ2n) is 5.49. The zero-order chi connectivity index (χ0) is 13.3. The van der Waals surface area contributed by atoms with E-state index in [1.807, 2.05) is 0 Å². The van der Waals surface area contributed by atoms with Crippen molar-refractivity contribution in [1.82, 2.24) is 15.0 Å². The number of aromatic nitrogens is 2. The lowest BCUT2D eigenvalue weighted by atomic mass is 9.95. The van der Waals surface area contributed by atoms with Gasteiger partial charge in [0.25, 0.3) is 0 Å². The van der Waals surface area contributed by atoms with Crippen LogP contribution in [0, 0.1) is 6.92 Å². The van der Waals surface area contributed by atoms with Gasteiger partial charge in [0, 0.05) is 13.1 Å². The molecule has 2 rings (SSSR count). The van der Waals surface area contributed by atoms with E-state index >= 15 is 0 Å². The molecule has 0 saturated carbocycles. The fourth-order valence-corrected chi connectivity index (χ4v) is 2.25. The Balaban J connectivity index is 2.07. The van der Waals surface area contributed by atoms with Gasteiger partial charge in [-0.15, -0.1) is 0 Å². The van der Waals surface area contributed by atoms with E-state index in [-0.39, 0.29) is 11.8 Å². The van der Waals surface area contributed by atoms with E-state index in [0.29, 0.717) is 18.3 Å². The first-order valence-electron chi connectivity index (χ1n) is 6.26.